The van der Waals surface area contributed by atoms with Crippen molar-refractivity contribution in [2.24, 2.45) is 4.99 Å². The smallest absolute Gasteiger partial charge is 0.253 e. The lowest BCUT2D eigenvalue weighted by Gasteiger charge is -2.12. The largest absolute Gasteiger partial charge is 0.507 e. The van der Waals surface area contributed by atoms with Gasteiger partial charge in [-0.25, -0.2) is 9.97 Å². The van der Waals surface area contributed by atoms with E-state index in [1.165, 1.54) is 18.3 Å². The van der Waals surface area contributed by atoms with Crippen molar-refractivity contribution in [2.45, 2.75) is 0 Å². The zero-order valence-electron chi connectivity index (χ0n) is 18.5. The van der Waals surface area contributed by atoms with Gasteiger partial charge in [-0.3, -0.25) is 9.79 Å². The number of fused-ring (bicyclic) bond motifs is 2. The van der Waals surface area contributed by atoms with Crippen LogP contribution in [0.3, 0.4) is 0 Å². The summed E-state index contributed by atoms with van der Waals surface area (Å²) in [6.45, 7) is 2.49. The van der Waals surface area contributed by atoms with Crippen molar-refractivity contribution < 1.29 is 30.3 Å². The van der Waals surface area contributed by atoms with Crippen LogP contribution in [0, 0.1) is 0 Å². The van der Waals surface area contributed by atoms with Crippen LogP contribution in [0.2, 0.25) is 0 Å². The van der Waals surface area contributed by atoms with E-state index in [2.05, 4.69) is 30.9 Å². The zero-order chi connectivity index (χ0) is 24.5. The lowest BCUT2D eigenvalue weighted by Crippen LogP contribution is -2.33. The van der Waals surface area contributed by atoms with Crippen LogP contribution < -0.4 is 16.0 Å². The van der Waals surface area contributed by atoms with E-state index in [9.17, 15) is 20.1 Å². The summed E-state index contributed by atoms with van der Waals surface area (Å²) in [4.78, 5) is 25.7. The molecule has 0 radical (unpaired) electrons. The molecular formula is C22H28N6O6. The van der Waals surface area contributed by atoms with Gasteiger partial charge in [-0.05, 0) is 12.1 Å². The summed E-state index contributed by atoms with van der Waals surface area (Å²) >= 11 is 0. The first-order valence-electron chi connectivity index (χ1n) is 10.8. The molecule has 1 amide bonds. The summed E-state index contributed by atoms with van der Waals surface area (Å²) < 4.78 is 0. The molecule has 0 bridgehead atoms. The number of aliphatic hydroxyl groups is 2. The van der Waals surface area contributed by atoms with Gasteiger partial charge in [-0.15, -0.1) is 0 Å². The molecule has 0 aliphatic rings. The van der Waals surface area contributed by atoms with E-state index in [1.807, 2.05) is 0 Å². The number of nitrogens with one attached hydrogen (secondary N) is 3. The minimum atomic E-state index is -0.445. The highest BCUT2D eigenvalue weighted by molar-refractivity contribution is 6.09. The van der Waals surface area contributed by atoms with Crippen molar-refractivity contribution >= 4 is 34.2 Å². The highest BCUT2D eigenvalue weighted by Gasteiger charge is 2.19. The number of hydrogen-bond donors (Lipinski definition) is 8. The molecule has 0 unspecified atom stereocenters. The molecule has 0 saturated carbocycles. The summed E-state index contributed by atoms with van der Waals surface area (Å²) in [6, 6.07) is 3.85. The number of nitrogens with zero attached hydrogens (tertiary/aromatic N) is 3. The Morgan fingerprint density at radius 2 is 1.50 bits per heavy atom. The van der Waals surface area contributed by atoms with Crippen LogP contribution >= 0.6 is 0 Å². The summed E-state index contributed by atoms with van der Waals surface area (Å²) in [7, 11) is 0. The Hall–Kier alpha value is -3.58. The fraction of sp³-hybridized carbons (Fsp3) is 0.364. The first-order chi connectivity index (χ1) is 16.5. The molecule has 0 aliphatic heterocycles. The first kappa shape index (κ1) is 25.1. The number of amides is 1. The number of aromatic hydroxyl groups is 3. The van der Waals surface area contributed by atoms with Gasteiger partial charge < -0.3 is 41.5 Å². The van der Waals surface area contributed by atoms with Gasteiger partial charge in [0.1, 0.15) is 39.3 Å². The molecule has 34 heavy (non-hydrogen) atoms. The lowest BCUT2D eigenvalue weighted by atomic mass is 10.1. The molecule has 0 fully saturated rings. The maximum absolute atomic E-state index is 12.7. The van der Waals surface area contributed by atoms with E-state index in [0.717, 1.165) is 6.07 Å². The van der Waals surface area contributed by atoms with Gasteiger partial charge in [-0.2, -0.15) is 0 Å². The number of carbonyl (C=O) groups excluding carboxylic acids is 1. The second-order valence-electron chi connectivity index (χ2n) is 7.32. The predicted octanol–water partition coefficient (Wildman–Crippen LogP) is -0.788. The molecule has 12 nitrogen and oxygen atoms in total. The van der Waals surface area contributed by atoms with Gasteiger partial charge >= 0.3 is 0 Å². The van der Waals surface area contributed by atoms with E-state index < -0.39 is 5.91 Å². The summed E-state index contributed by atoms with van der Waals surface area (Å²) in [6.07, 6.45) is 1.39. The van der Waals surface area contributed by atoms with Crippen molar-refractivity contribution in [3.8, 4) is 17.2 Å². The van der Waals surface area contributed by atoms with Crippen LogP contribution in [0.5, 0.6) is 17.2 Å². The topological polar surface area (TPSA) is 192 Å². The first-order valence-corrected chi connectivity index (χ1v) is 10.8. The van der Waals surface area contributed by atoms with Crippen LogP contribution in [0.4, 0.5) is 0 Å². The van der Waals surface area contributed by atoms with E-state index in [0.29, 0.717) is 39.3 Å². The predicted molar refractivity (Wildman–Crippen MR) is 127 cm³/mol. The lowest BCUT2D eigenvalue weighted by molar-refractivity contribution is 0.0955. The number of benzene rings is 2. The molecule has 1 aromatic heterocycles. The average Bonchev–Trinajstić information content (AvgIpc) is 2.82. The zero-order valence-corrected chi connectivity index (χ0v) is 18.5. The third-order valence-corrected chi connectivity index (χ3v) is 4.90. The van der Waals surface area contributed by atoms with Crippen molar-refractivity contribution in [2.75, 3.05) is 52.5 Å². The normalized spacial score (nSPS) is 11.6. The number of rotatable bonds is 12. The molecule has 0 spiro atoms. The van der Waals surface area contributed by atoms with E-state index in [-0.39, 0.29) is 63.7 Å². The van der Waals surface area contributed by atoms with E-state index in [1.54, 1.807) is 0 Å². The van der Waals surface area contributed by atoms with E-state index >= 15 is 0 Å². The number of aliphatic hydroxyl groups excluding tert-OH is 2. The minimum Gasteiger partial charge on any atom is -0.507 e. The standard InChI is InChI=1S/C22H28N6O6/c29-9-7-23-3-4-25-12-14-16(32)11-17(33)21-19(14)28-20-15(31)2-1-13(18(20)27-21)22(34)26-6-5-24-8-10-30/h1-2,11-12,23-24,29-33H,3-10H2,(H,26,34)/b25-12+. The quantitative estimate of drug-likeness (QED) is 0.0941. The Bertz CT molecular complexity index is 1190. The maximum Gasteiger partial charge on any atom is 0.253 e. The van der Waals surface area contributed by atoms with Crippen LogP contribution in [-0.4, -0.2) is 100 Å². The summed E-state index contributed by atoms with van der Waals surface area (Å²) in [5.41, 5.74) is 0.622. The Labute approximate surface area is 195 Å². The monoisotopic (exact) mass is 472 g/mol. The fourth-order valence-electron chi connectivity index (χ4n) is 3.26. The third kappa shape index (κ3) is 5.85. The molecule has 182 valence electrons. The molecular weight excluding hydrogens is 444 g/mol. The number of hydrogen-bond acceptors (Lipinski definition) is 11. The molecule has 2 aromatic carbocycles. The van der Waals surface area contributed by atoms with Crippen LogP contribution in [0.1, 0.15) is 15.9 Å². The van der Waals surface area contributed by atoms with Crippen LogP contribution in [0.25, 0.3) is 22.1 Å². The van der Waals surface area contributed by atoms with Crippen LogP contribution in [0.15, 0.2) is 23.2 Å². The molecule has 1 heterocycles. The number of phenols is 3. The molecule has 0 atom stereocenters. The van der Waals surface area contributed by atoms with Gasteiger partial charge in [0.2, 0.25) is 0 Å². The molecule has 3 rings (SSSR count). The van der Waals surface area contributed by atoms with Crippen LogP contribution in [-0.2, 0) is 0 Å². The van der Waals surface area contributed by atoms with E-state index in [4.69, 9.17) is 10.2 Å². The highest BCUT2D eigenvalue weighted by atomic mass is 16.3. The number of aliphatic imine (C=N–C) groups is 1. The van der Waals surface area contributed by atoms with Crippen molar-refractivity contribution in [1.29, 1.82) is 0 Å². The Morgan fingerprint density at radius 1 is 0.824 bits per heavy atom. The van der Waals surface area contributed by atoms with Crippen molar-refractivity contribution in [3.63, 3.8) is 0 Å². The fourth-order valence-corrected chi connectivity index (χ4v) is 3.26. The summed E-state index contributed by atoms with van der Waals surface area (Å²) in [5.74, 6) is -1.27. The van der Waals surface area contributed by atoms with Gasteiger partial charge in [-0.1, -0.05) is 0 Å². The average molecular weight is 473 g/mol. The SMILES string of the molecule is O=C(NCCNCCO)c1ccc(O)c2nc3c(/C=N/CCNCCO)c(O)cc(O)c3nc12. The van der Waals surface area contributed by atoms with Crippen molar-refractivity contribution in [1.82, 2.24) is 25.9 Å². The van der Waals surface area contributed by atoms with Crippen molar-refractivity contribution in [3.05, 3.63) is 29.3 Å². The maximum atomic E-state index is 12.7. The molecule has 3 aromatic rings. The second kappa shape index (κ2) is 12.0. The number of carbonyl (C=O) groups is 1. The van der Waals surface area contributed by atoms with Gasteiger partial charge in [0.15, 0.2) is 0 Å². The highest BCUT2D eigenvalue weighted by Crippen LogP contribution is 2.35. The Morgan fingerprint density at radius 3 is 2.24 bits per heavy atom. The van der Waals surface area contributed by atoms with Gasteiger partial charge in [0, 0.05) is 45.0 Å². The van der Waals surface area contributed by atoms with Gasteiger partial charge in [0.05, 0.1) is 30.9 Å². The molecule has 0 saturated heterocycles. The molecule has 8 N–H and O–H groups in total. The number of phenolic OH excluding ortho intramolecular Hbond substituents is 3. The number of aromatic nitrogens is 2. The molecule has 0 aliphatic carbocycles. The summed E-state index contributed by atoms with van der Waals surface area (Å²) in [5, 5.41) is 57.4. The molecule has 12 heteroatoms. The third-order valence-electron chi connectivity index (χ3n) is 4.90. The Balaban J connectivity index is 1.97. The Kier molecular flexibility index (Phi) is 8.87. The van der Waals surface area contributed by atoms with Gasteiger partial charge in [0.25, 0.3) is 5.91 Å². The second-order valence-corrected chi connectivity index (χ2v) is 7.32. The minimum absolute atomic E-state index is 0.00838.